The second kappa shape index (κ2) is 8.62. The Labute approximate surface area is 174 Å². The molecule has 0 aliphatic heterocycles. The number of nitrogens with one attached hydrogen (secondary N) is 1. The number of carbonyl (C=O) groups excluding carboxylic acids is 1. The summed E-state index contributed by atoms with van der Waals surface area (Å²) in [4.78, 5) is 13.0. The maximum Gasteiger partial charge on any atom is 0.230 e. The highest BCUT2D eigenvalue weighted by Gasteiger charge is 2.15. The number of ether oxygens (including phenoxy) is 1. The summed E-state index contributed by atoms with van der Waals surface area (Å²) < 4.78 is 20.2. The first kappa shape index (κ1) is 19.4. The number of rotatable bonds is 7. The predicted octanol–water partition coefficient (Wildman–Crippen LogP) is 4.01. The number of benzene rings is 2. The molecule has 0 saturated heterocycles. The minimum absolute atomic E-state index is 0.0962. The standard InChI is InChI=1S/C20H17FN4O2S2/c1-27-16-8-2-13(3-9-16)10-22-18(26)12-29-20-24-23-19-25(20)17(11-28-19)14-4-6-15(21)7-5-14/h2-9,11H,10,12H2,1H3,(H,22,26). The van der Waals surface area contributed by atoms with Gasteiger partial charge in [0.1, 0.15) is 11.6 Å². The lowest BCUT2D eigenvalue weighted by Crippen LogP contribution is -2.24. The summed E-state index contributed by atoms with van der Waals surface area (Å²) in [5, 5.41) is 13.8. The Balaban J connectivity index is 1.41. The van der Waals surface area contributed by atoms with Gasteiger partial charge < -0.3 is 10.1 Å². The van der Waals surface area contributed by atoms with Gasteiger partial charge in [-0.25, -0.2) is 4.39 Å². The molecule has 0 aliphatic rings. The Bertz CT molecular complexity index is 1120. The quantitative estimate of drug-likeness (QED) is 0.451. The summed E-state index contributed by atoms with van der Waals surface area (Å²) in [7, 11) is 1.62. The van der Waals surface area contributed by atoms with Gasteiger partial charge in [-0.05, 0) is 47.5 Å². The Kier molecular flexibility index (Phi) is 5.77. The summed E-state index contributed by atoms with van der Waals surface area (Å²) >= 11 is 2.76. The molecule has 6 nitrogen and oxygen atoms in total. The number of thiazole rings is 1. The predicted molar refractivity (Wildman–Crippen MR) is 112 cm³/mol. The number of aromatic nitrogens is 3. The van der Waals surface area contributed by atoms with Gasteiger partial charge in [0.15, 0.2) is 5.16 Å². The molecule has 9 heteroatoms. The number of amides is 1. The van der Waals surface area contributed by atoms with Crippen molar-refractivity contribution >= 4 is 34.0 Å². The zero-order valence-electron chi connectivity index (χ0n) is 15.5. The van der Waals surface area contributed by atoms with Crippen molar-refractivity contribution in [1.29, 1.82) is 0 Å². The maximum absolute atomic E-state index is 13.2. The molecule has 0 fully saturated rings. The number of fused-ring (bicyclic) bond motifs is 1. The van der Waals surface area contributed by atoms with Crippen molar-refractivity contribution in [3.8, 4) is 17.0 Å². The van der Waals surface area contributed by atoms with Crippen LogP contribution < -0.4 is 10.1 Å². The van der Waals surface area contributed by atoms with E-state index in [9.17, 15) is 9.18 Å². The molecule has 2 heterocycles. The van der Waals surface area contributed by atoms with E-state index in [-0.39, 0.29) is 17.5 Å². The van der Waals surface area contributed by atoms with Crippen LogP contribution in [0.4, 0.5) is 4.39 Å². The average molecular weight is 429 g/mol. The minimum atomic E-state index is -0.285. The monoisotopic (exact) mass is 428 g/mol. The van der Waals surface area contributed by atoms with Crippen molar-refractivity contribution in [2.24, 2.45) is 0 Å². The van der Waals surface area contributed by atoms with Crippen LogP contribution in [0.2, 0.25) is 0 Å². The molecule has 1 amide bonds. The molecule has 4 aromatic rings. The minimum Gasteiger partial charge on any atom is -0.497 e. The first-order valence-electron chi connectivity index (χ1n) is 8.75. The van der Waals surface area contributed by atoms with Crippen molar-refractivity contribution in [3.63, 3.8) is 0 Å². The van der Waals surface area contributed by atoms with E-state index in [1.807, 2.05) is 34.0 Å². The highest BCUT2D eigenvalue weighted by Crippen LogP contribution is 2.30. The van der Waals surface area contributed by atoms with Crippen LogP contribution in [0.15, 0.2) is 59.1 Å². The first-order chi connectivity index (χ1) is 14.1. The average Bonchev–Trinajstić information content (AvgIpc) is 3.34. The summed E-state index contributed by atoms with van der Waals surface area (Å²) in [6.07, 6.45) is 0. The van der Waals surface area contributed by atoms with Crippen LogP contribution in [0.3, 0.4) is 0 Å². The number of hydrogen-bond acceptors (Lipinski definition) is 6. The summed E-state index contributed by atoms with van der Waals surface area (Å²) in [6.45, 7) is 0.442. The van der Waals surface area contributed by atoms with Gasteiger partial charge in [-0.2, -0.15) is 0 Å². The summed E-state index contributed by atoms with van der Waals surface area (Å²) in [6, 6.07) is 13.8. The van der Waals surface area contributed by atoms with Gasteiger partial charge in [-0.15, -0.1) is 21.5 Å². The highest BCUT2D eigenvalue weighted by molar-refractivity contribution is 7.99. The van der Waals surface area contributed by atoms with E-state index >= 15 is 0 Å². The van der Waals surface area contributed by atoms with E-state index < -0.39 is 0 Å². The lowest BCUT2D eigenvalue weighted by Gasteiger charge is -2.06. The largest absolute Gasteiger partial charge is 0.497 e. The Morgan fingerprint density at radius 3 is 2.66 bits per heavy atom. The van der Waals surface area contributed by atoms with E-state index in [4.69, 9.17) is 4.74 Å². The van der Waals surface area contributed by atoms with Crippen molar-refractivity contribution in [3.05, 3.63) is 65.3 Å². The fourth-order valence-corrected chi connectivity index (χ4v) is 4.41. The maximum atomic E-state index is 13.2. The van der Waals surface area contributed by atoms with E-state index in [2.05, 4.69) is 15.5 Å². The Morgan fingerprint density at radius 2 is 1.93 bits per heavy atom. The number of hydrogen-bond donors (Lipinski definition) is 1. The first-order valence-corrected chi connectivity index (χ1v) is 10.6. The lowest BCUT2D eigenvalue weighted by atomic mass is 10.2. The van der Waals surface area contributed by atoms with Gasteiger partial charge >= 0.3 is 0 Å². The van der Waals surface area contributed by atoms with Gasteiger partial charge in [0.05, 0.1) is 18.6 Å². The molecule has 0 spiro atoms. The Hall–Kier alpha value is -2.91. The molecule has 2 aromatic heterocycles. The molecular formula is C20H17FN4O2S2. The second-order valence-corrected chi connectivity index (χ2v) is 7.92. The third-order valence-electron chi connectivity index (χ3n) is 4.24. The molecule has 0 saturated carbocycles. The van der Waals surface area contributed by atoms with Crippen LogP contribution in [0.5, 0.6) is 5.75 Å². The molecule has 0 aliphatic carbocycles. The van der Waals surface area contributed by atoms with Gasteiger partial charge in [0, 0.05) is 11.9 Å². The van der Waals surface area contributed by atoms with Gasteiger partial charge in [0.2, 0.25) is 10.9 Å². The van der Waals surface area contributed by atoms with E-state index in [1.54, 1.807) is 19.2 Å². The molecule has 0 unspecified atom stereocenters. The summed E-state index contributed by atoms with van der Waals surface area (Å²) in [5.41, 5.74) is 2.73. The van der Waals surface area contributed by atoms with Crippen LogP contribution in [-0.2, 0) is 11.3 Å². The van der Waals surface area contributed by atoms with Crippen molar-refractivity contribution < 1.29 is 13.9 Å². The zero-order chi connectivity index (χ0) is 20.2. The van der Waals surface area contributed by atoms with Crippen LogP contribution in [0.1, 0.15) is 5.56 Å². The topological polar surface area (TPSA) is 68.5 Å². The molecule has 0 bridgehead atoms. The van der Waals surface area contributed by atoms with Crippen molar-refractivity contribution in [2.75, 3.05) is 12.9 Å². The fourth-order valence-electron chi connectivity index (χ4n) is 2.74. The Morgan fingerprint density at radius 1 is 1.17 bits per heavy atom. The van der Waals surface area contributed by atoms with E-state index in [1.165, 1.54) is 35.2 Å². The highest BCUT2D eigenvalue weighted by atomic mass is 32.2. The molecule has 4 rings (SSSR count). The molecule has 1 N–H and O–H groups in total. The normalized spacial score (nSPS) is 11.0. The van der Waals surface area contributed by atoms with Crippen molar-refractivity contribution in [1.82, 2.24) is 19.9 Å². The van der Waals surface area contributed by atoms with Crippen LogP contribution in [0.25, 0.3) is 16.2 Å². The van der Waals surface area contributed by atoms with E-state index in [0.717, 1.165) is 27.5 Å². The summed E-state index contributed by atoms with van der Waals surface area (Å²) in [5.74, 6) is 0.614. The third-order valence-corrected chi connectivity index (χ3v) is 5.99. The number of thioether (sulfide) groups is 1. The SMILES string of the molecule is COc1ccc(CNC(=O)CSc2nnc3scc(-c4ccc(F)cc4)n23)cc1. The van der Waals surface area contributed by atoms with Crippen LogP contribution in [0, 0.1) is 5.82 Å². The van der Waals surface area contributed by atoms with Crippen LogP contribution >= 0.6 is 23.1 Å². The van der Waals surface area contributed by atoms with Gasteiger partial charge in [-0.3, -0.25) is 9.20 Å². The van der Waals surface area contributed by atoms with Crippen LogP contribution in [-0.4, -0.2) is 33.4 Å². The zero-order valence-corrected chi connectivity index (χ0v) is 17.1. The third kappa shape index (κ3) is 4.41. The smallest absolute Gasteiger partial charge is 0.230 e. The molecule has 29 heavy (non-hydrogen) atoms. The number of carbonyl (C=O) groups is 1. The molecule has 2 aromatic carbocycles. The lowest BCUT2D eigenvalue weighted by molar-refractivity contribution is -0.118. The molecule has 0 atom stereocenters. The van der Waals surface area contributed by atoms with Crippen molar-refractivity contribution in [2.45, 2.75) is 11.7 Å². The van der Waals surface area contributed by atoms with Gasteiger partial charge in [-0.1, -0.05) is 23.9 Å². The number of halogens is 1. The number of methoxy groups -OCH3 is 1. The fraction of sp³-hybridized carbons (Fsp3) is 0.150. The number of nitrogens with zero attached hydrogens (tertiary/aromatic N) is 3. The van der Waals surface area contributed by atoms with Gasteiger partial charge in [0.25, 0.3) is 0 Å². The second-order valence-electron chi connectivity index (χ2n) is 6.14. The van der Waals surface area contributed by atoms with E-state index in [0.29, 0.717) is 11.7 Å². The molecular weight excluding hydrogens is 411 g/mol. The molecule has 148 valence electrons. The molecule has 0 radical (unpaired) electrons.